The van der Waals surface area contributed by atoms with E-state index in [2.05, 4.69) is 5.32 Å². The maximum absolute atomic E-state index is 9.43. The summed E-state index contributed by atoms with van der Waals surface area (Å²) in [7, 11) is 1.63. The van der Waals surface area contributed by atoms with E-state index in [0.717, 1.165) is 11.5 Å². The highest BCUT2D eigenvalue weighted by molar-refractivity contribution is 5.31. The maximum Gasteiger partial charge on any atom is 0.119 e. The van der Waals surface area contributed by atoms with Crippen LogP contribution in [0.1, 0.15) is 20.8 Å². The van der Waals surface area contributed by atoms with Crippen molar-refractivity contribution < 1.29 is 14.6 Å². The average molecular weight is 253 g/mol. The lowest BCUT2D eigenvalue weighted by Crippen LogP contribution is -2.53. The zero-order valence-corrected chi connectivity index (χ0v) is 11.6. The number of nitrogens with one attached hydrogen (secondary N) is 1. The van der Waals surface area contributed by atoms with E-state index in [9.17, 15) is 5.11 Å². The second kappa shape index (κ2) is 6.61. The van der Waals surface area contributed by atoms with Gasteiger partial charge in [-0.3, -0.25) is 0 Å². The minimum atomic E-state index is -0.436. The van der Waals surface area contributed by atoms with Gasteiger partial charge in [-0.05, 0) is 31.2 Å². The van der Waals surface area contributed by atoms with Gasteiger partial charge in [0.25, 0.3) is 0 Å². The molecule has 0 aliphatic rings. The van der Waals surface area contributed by atoms with Crippen LogP contribution >= 0.6 is 0 Å². The monoisotopic (exact) mass is 253 g/mol. The molecule has 1 rings (SSSR count). The average Bonchev–Trinajstić information content (AvgIpc) is 2.36. The molecule has 0 heterocycles. The summed E-state index contributed by atoms with van der Waals surface area (Å²) in [6.07, 6.45) is 0. The largest absolute Gasteiger partial charge is 0.497 e. The minimum absolute atomic E-state index is 0.0291. The van der Waals surface area contributed by atoms with Crippen molar-refractivity contribution in [3.63, 3.8) is 0 Å². The van der Waals surface area contributed by atoms with Crippen LogP contribution in [0.4, 0.5) is 0 Å². The summed E-state index contributed by atoms with van der Waals surface area (Å²) in [5, 5.41) is 12.7. The van der Waals surface area contributed by atoms with Gasteiger partial charge in [0.05, 0.1) is 19.3 Å². The second-order valence-corrected chi connectivity index (χ2v) is 4.98. The van der Waals surface area contributed by atoms with Gasteiger partial charge >= 0.3 is 0 Å². The molecular weight excluding hydrogens is 230 g/mol. The highest BCUT2D eigenvalue weighted by atomic mass is 16.5. The molecule has 0 aromatic heterocycles. The maximum atomic E-state index is 9.43. The molecule has 1 unspecified atom stereocenters. The molecule has 0 amide bonds. The van der Waals surface area contributed by atoms with Crippen LogP contribution in [-0.4, -0.2) is 37.0 Å². The molecule has 2 N–H and O–H groups in total. The van der Waals surface area contributed by atoms with Crippen LogP contribution < -0.4 is 14.8 Å². The molecule has 0 saturated carbocycles. The lowest BCUT2D eigenvalue weighted by molar-refractivity contribution is 0.109. The first-order valence-electron chi connectivity index (χ1n) is 6.14. The van der Waals surface area contributed by atoms with Crippen molar-refractivity contribution in [2.24, 2.45) is 0 Å². The molecule has 1 aromatic rings. The van der Waals surface area contributed by atoms with Crippen molar-refractivity contribution in [3.05, 3.63) is 24.3 Å². The third-order valence-electron chi connectivity index (χ3n) is 2.60. The van der Waals surface area contributed by atoms with Crippen LogP contribution in [0.2, 0.25) is 0 Å². The third-order valence-corrected chi connectivity index (χ3v) is 2.60. The molecule has 0 aliphatic heterocycles. The number of ether oxygens (including phenoxy) is 2. The summed E-state index contributed by atoms with van der Waals surface area (Å²) >= 11 is 0. The van der Waals surface area contributed by atoms with Crippen LogP contribution in [0.15, 0.2) is 24.3 Å². The first-order chi connectivity index (χ1) is 8.49. The highest BCUT2D eigenvalue weighted by Gasteiger charge is 2.24. The zero-order chi connectivity index (χ0) is 13.6. The van der Waals surface area contributed by atoms with E-state index in [-0.39, 0.29) is 6.61 Å². The van der Waals surface area contributed by atoms with Gasteiger partial charge in [-0.15, -0.1) is 0 Å². The molecule has 18 heavy (non-hydrogen) atoms. The standard InChI is InChI=1S/C14H23NO3/c1-11(2)15-14(3,9-16)10-18-13-7-5-12(17-4)6-8-13/h5-8,11,15-16H,9-10H2,1-4H3. The fraction of sp³-hybridized carbons (Fsp3) is 0.571. The molecule has 1 aromatic carbocycles. The van der Waals surface area contributed by atoms with Gasteiger partial charge in [-0.1, -0.05) is 13.8 Å². The Labute approximate surface area is 109 Å². The predicted octanol–water partition coefficient (Wildman–Crippen LogP) is 1.82. The first kappa shape index (κ1) is 14.8. The summed E-state index contributed by atoms with van der Waals surface area (Å²) in [5.74, 6) is 1.56. The fourth-order valence-electron chi connectivity index (χ4n) is 1.74. The Morgan fingerprint density at radius 1 is 1.22 bits per heavy atom. The zero-order valence-electron chi connectivity index (χ0n) is 11.6. The number of rotatable bonds is 7. The molecule has 0 fully saturated rings. The number of aliphatic hydroxyl groups excluding tert-OH is 1. The van der Waals surface area contributed by atoms with Crippen molar-refractivity contribution in [2.75, 3.05) is 20.3 Å². The van der Waals surface area contributed by atoms with Crippen LogP contribution in [-0.2, 0) is 0 Å². The smallest absolute Gasteiger partial charge is 0.119 e. The van der Waals surface area contributed by atoms with E-state index < -0.39 is 5.54 Å². The van der Waals surface area contributed by atoms with E-state index in [1.54, 1.807) is 7.11 Å². The van der Waals surface area contributed by atoms with E-state index in [4.69, 9.17) is 9.47 Å². The summed E-state index contributed by atoms with van der Waals surface area (Å²) in [4.78, 5) is 0. The van der Waals surface area contributed by atoms with Crippen LogP contribution in [0.3, 0.4) is 0 Å². The quantitative estimate of drug-likeness (QED) is 0.778. The molecule has 0 bridgehead atoms. The molecule has 0 aliphatic carbocycles. The Bertz CT molecular complexity index is 351. The summed E-state index contributed by atoms with van der Waals surface area (Å²) < 4.78 is 10.8. The van der Waals surface area contributed by atoms with E-state index in [1.807, 2.05) is 45.0 Å². The first-order valence-corrected chi connectivity index (χ1v) is 6.14. The van der Waals surface area contributed by atoms with Gasteiger partial charge in [0.15, 0.2) is 0 Å². The minimum Gasteiger partial charge on any atom is -0.497 e. The number of aliphatic hydroxyl groups is 1. The Morgan fingerprint density at radius 3 is 2.22 bits per heavy atom. The molecular formula is C14H23NO3. The van der Waals surface area contributed by atoms with Gasteiger partial charge in [-0.2, -0.15) is 0 Å². The van der Waals surface area contributed by atoms with Crippen LogP contribution in [0.5, 0.6) is 11.5 Å². The topological polar surface area (TPSA) is 50.7 Å². The number of methoxy groups -OCH3 is 1. The van der Waals surface area contributed by atoms with Gasteiger partial charge in [-0.25, -0.2) is 0 Å². The lowest BCUT2D eigenvalue weighted by Gasteiger charge is -2.30. The SMILES string of the molecule is COc1ccc(OCC(C)(CO)NC(C)C)cc1. The van der Waals surface area contributed by atoms with E-state index in [1.165, 1.54) is 0 Å². The number of hydrogen-bond acceptors (Lipinski definition) is 4. The molecule has 102 valence electrons. The van der Waals surface area contributed by atoms with Crippen molar-refractivity contribution in [2.45, 2.75) is 32.4 Å². The molecule has 4 heteroatoms. The fourth-order valence-corrected chi connectivity index (χ4v) is 1.74. The Morgan fingerprint density at radius 2 is 1.78 bits per heavy atom. The Kier molecular flexibility index (Phi) is 5.44. The molecule has 0 radical (unpaired) electrons. The van der Waals surface area contributed by atoms with Gasteiger partial charge < -0.3 is 19.9 Å². The summed E-state index contributed by atoms with van der Waals surface area (Å²) in [6, 6.07) is 7.70. The lowest BCUT2D eigenvalue weighted by atomic mass is 10.0. The Balaban J connectivity index is 2.56. The predicted molar refractivity (Wildman–Crippen MR) is 72.3 cm³/mol. The molecule has 0 spiro atoms. The van der Waals surface area contributed by atoms with E-state index >= 15 is 0 Å². The van der Waals surface area contributed by atoms with Gasteiger partial charge in [0, 0.05) is 6.04 Å². The third kappa shape index (κ3) is 4.55. The normalized spacial score (nSPS) is 14.3. The van der Waals surface area contributed by atoms with Crippen molar-refractivity contribution in [3.8, 4) is 11.5 Å². The van der Waals surface area contributed by atoms with Crippen molar-refractivity contribution >= 4 is 0 Å². The van der Waals surface area contributed by atoms with Crippen LogP contribution in [0.25, 0.3) is 0 Å². The molecule has 4 nitrogen and oxygen atoms in total. The van der Waals surface area contributed by atoms with Crippen LogP contribution in [0, 0.1) is 0 Å². The summed E-state index contributed by atoms with van der Waals surface area (Å²) in [5.41, 5.74) is -0.436. The van der Waals surface area contributed by atoms with Gasteiger partial charge in [0.2, 0.25) is 0 Å². The van der Waals surface area contributed by atoms with Gasteiger partial charge in [0.1, 0.15) is 18.1 Å². The Hall–Kier alpha value is -1.26. The number of benzene rings is 1. The summed E-state index contributed by atoms with van der Waals surface area (Å²) in [6.45, 7) is 6.47. The van der Waals surface area contributed by atoms with Crippen molar-refractivity contribution in [1.29, 1.82) is 0 Å². The highest BCUT2D eigenvalue weighted by Crippen LogP contribution is 2.18. The van der Waals surface area contributed by atoms with Crippen molar-refractivity contribution in [1.82, 2.24) is 5.32 Å². The molecule has 1 atom stereocenters. The molecule has 0 saturated heterocycles. The second-order valence-electron chi connectivity index (χ2n) is 4.98. The number of hydrogen-bond donors (Lipinski definition) is 2. The van der Waals surface area contributed by atoms with E-state index in [0.29, 0.717) is 12.6 Å².